The molecule has 0 bridgehead atoms. The molecule has 0 aromatic carbocycles. The van der Waals surface area contributed by atoms with Gasteiger partial charge in [0.2, 0.25) is 0 Å². The van der Waals surface area contributed by atoms with Gasteiger partial charge >= 0.3 is 0 Å². The molecule has 2 unspecified atom stereocenters. The Labute approximate surface area is 126 Å². The molecule has 20 heavy (non-hydrogen) atoms. The smallest absolute Gasteiger partial charge is 0.186 e. The second-order valence-corrected chi connectivity index (χ2v) is 6.75. The minimum Gasteiger partial charge on any atom is -0.478 e. The molecule has 0 aromatic heterocycles. The summed E-state index contributed by atoms with van der Waals surface area (Å²) in [6.07, 6.45) is 12.4. The van der Waals surface area contributed by atoms with Crippen molar-refractivity contribution in [3.63, 3.8) is 0 Å². The summed E-state index contributed by atoms with van der Waals surface area (Å²) in [5.74, 6) is 2.13. The summed E-state index contributed by atoms with van der Waals surface area (Å²) in [4.78, 5) is 4.73. The van der Waals surface area contributed by atoms with Crippen molar-refractivity contribution in [3.8, 4) is 0 Å². The van der Waals surface area contributed by atoms with Crippen LogP contribution in [0.2, 0.25) is 0 Å². The predicted molar refractivity (Wildman–Crippen MR) is 88.4 cm³/mol. The van der Waals surface area contributed by atoms with Crippen LogP contribution < -0.4 is 0 Å². The van der Waals surface area contributed by atoms with Crippen molar-refractivity contribution >= 4 is 5.90 Å². The molecule has 0 aliphatic carbocycles. The van der Waals surface area contributed by atoms with Crippen LogP contribution in [0.3, 0.4) is 0 Å². The van der Waals surface area contributed by atoms with Gasteiger partial charge in [0, 0.05) is 5.92 Å². The fourth-order valence-electron chi connectivity index (χ4n) is 2.73. The third kappa shape index (κ3) is 6.76. The zero-order valence-corrected chi connectivity index (χ0v) is 14.2. The van der Waals surface area contributed by atoms with Crippen molar-refractivity contribution in [2.75, 3.05) is 6.61 Å². The van der Waals surface area contributed by atoms with E-state index < -0.39 is 0 Å². The Kier molecular flexibility index (Phi) is 8.97. The van der Waals surface area contributed by atoms with Gasteiger partial charge in [0.05, 0.1) is 6.04 Å². The molecule has 1 heterocycles. The molecule has 0 spiro atoms. The summed E-state index contributed by atoms with van der Waals surface area (Å²) in [5.41, 5.74) is 0. The lowest BCUT2D eigenvalue weighted by Gasteiger charge is -2.10. The van der Waals surface area contributed by atoms with Gasteiger partial charge in [0.25, 0.3) is 0 Å². The van der Waals surface area contributed by atoms with E-state index in [2.05, 4.69) is 27.7 Å². The van der Waals surface area contributed by atoms with Crippen molar-refractivity contribution in [1.82, 2.24) is 0 Å². The summed E-state index contributed by atoms with van der Waals surface area (Å²) >= 11 is 0. The molecular formula is C18H35NO. The van der Waals surface area contributed by atoms with Gasteiger partial charge in [-0.25, -0.2) is 4.99 Å². The highest BCUT2D eigenvalue weighted by atomic mass is 16.5. The SMILES string of the molecule is CCCCCCCCCCC(C)C1=NC(C(C)C)CO1. The zero-order valence-electron chi connectivity index (χ0n) is 14.2. The number of aliphatic imine (C=N–C) groups is 1. The van der Waals surface area contributed by atoms with Crippen LogP contribution in [0.25, 0.3) is 0 Å². The van der Waals surface area contributed by atoms with Crippen molar-refractivity contribution in [2.45, 2.75) is 91.5 Å². The van der Waals surface area contributed by atoms with Crippen molar-refractivity contribution in [3.05, 3.63) is 0 Å². The van der Waals surface area contributed by atoms with Gasteiger partial charge in [-0.2, -0.15) is 0 Å². The summed E-state index contributed by atoms with van der Waals surface area (Å²) in [7, 11) is 0. The van der Waals surface area contributed by atoms with Crippen LogP contribution in [0.15, 0.2) is 4.99 Å². The van der Waals surface area contributed by atoms with Crippen LogP contribution in [-0.2, 0) is 4.74 Å². The molecule has 2 heteroatoms. The number of rotatable bonds is 11. The maximum Gasteiger partial charge on any atom is 0.186 e. The highest BCUT2D eigenvalue weighted by Gasteiger charge is 2.24. The predicted octanol–water partition coefficient (Wildman–Crippen LogP) is 5.61. The van der Waals surface area contributed by atoms with Gasteiger partial charge < -0.3 is 4.74 Å². The first-order valence-electron chi connectivity index (χ1n) is 8.85. The maximum absolute atomic E-state index is 5.76. The van der Waals surface area contributed by atoms with Gasteiger partial charge in [-0.1, -0.05) is 79.1 Å². The molecule has 0 saturated carbocycles. The third-order valence-corrected chi connectivity index (χ3v) is 4.38. The van der Waals surface area contributed by atoms with E-state index in [1.54, 1.807) is 0 Å². The monoisotopic (exact) mass is 281 g/mol. The fraction of sp³-hybridized carbons (Fsp3) is 0.944. The normalized spacial score (nSPS) is 20.1. The molecule has 118 valence electrons. The number of ether oxygens (including phenoxy) is 1. The van der Waals surface area contributed by atoms with Crippen LogP contribution in [0.4, 0.5) is 0 Å². The van der Waals surface area contributed by atoms with E-state index in [9.17, 15) is 0 Å². The Morgan fingerprint density at radius 3 is 2.15 bits per heavy atom. The summed E-state index contributed by atoms with van der Waals surface area (Å²) in [6.45, 7) is 9.80. The van der Waals surface area contributed by atoms with Crippen LogP contribution in [0, 0.1) is 11.8 Å². The maximum atomic E-state index is 5.76. The first-order valence-corrected chi connectivity index (χ1v) is 8.85. The Morgan fingerprint density at radius 1 is 1.00 bits per heavy atom. The van der Waals surface area contributed by atoms with E-state index in [1.807, 2.05) is 0 Å². The Morgan fingerprint density at radius 2 is 1.60 bits per heavy atom. The van der Waals surface area contributed by atoms with E-state index in [0.717, 1.165) is 12.5 Å². The standard InChI is InChI=1S/C18H35NO/c1-5-6-7-8-9-10-11-12-13-16(4)18-19-17(14-20-18)15(2)3/h15-17H,5-14H2,1-4H3. The minimum atomic E-state index is 0.394. The molecule has 1 rings (SSSR count). The first-order chi connectivity index (χ1) is 9.65. The van der Waals surface area contributed by atoms with E-state index in [-0.39, 0.29) is 0 Å². The second-order valence-electron chi connectivity index (χ2n) is 6.75. The van der Waals surface area contributed by atoms with Gasteiger partial charge in [-0.15, -0.1) is 0 Å². The van der Waals surface area contributed by atoms with Crippen molar-refractivity contribution in [2.24, 2.45) is 16.8 Å². The van der Waals surface area contributed by atoms with Gasteiger partial charge in [0.1, 0.15) is 6.61 Å². The Balaban J connectivity index is 2.03. The van der Waals surface area contributed by atoms with Crippen molar-refractivity contribution < 1.29 is 4.74 Å². The van der Waals surface area contributed by atoms with Gasteiger partial charge in [0.15, 0.2) is 5.90 Å². The zero-order chi connectivity index (χ0) is 14.8. The molecule has 1 aliphatic heterocycles. The summed E-state index contributed by atoms with van der Waals surface area (Å²) in [5, 5.41) is 0. The minimum absolute atomic E-state index is 0.394. The van der Waals surface area contributed by atoms with Crippen LogP contribution in [0.5, 0.6) is 0 Å². The Bertz CT molecular complexity index is 273. The molecule has 0 aromatic rings. The lowest BCUT2D eigenvalue weighted by molar-refractivity contribution is 0.276. The van der Waals surface area contributed by atoms with Crippen LogP contribution in [-0.4, -0.2) is 18.5 Å². The molecule has 0 amide bonds. The van der Waals surface area contributed by atoms with Crippen LogP contribution >= 0.6 is 0 Å². The molecular weight excluding hydrogens is 246 g/mol. The number of unbranched alkanes of at least 4 members (excludes halogenated alkanes) is 7. The van der Waals surface area contributed by atoms with Crippen LogP contribution in [0.1, 0.15) is 85.5 Å². The average molecular weight is 281 g/mol. The fourth-order valence-corrected chi connectivity index (χ4v) is 2.73. The molecule has 0 fully saturated rings. The number of hydrogen-bond donors (Lipinski definition) is 0. The molecule has 0 saturated heterocycles. The van der Waals surface area contributed by atoms with Gasteiger partial charge in [-0.3, -0.25) is 0 Å². The molecule has 1 aliphatic rings. The highest BCUT2D eigenvalue weighted by Crippen LogP contribution is 2.21. The average Bonchev–Trinajstić information content (AvgIpc) is 2.91. The highest BCUT2D eigenvalue weighted by molar-refractivity contribution is 5.79. The first kappa shape index (κ1) is 17.5. The largest absolute Gasteiger partial charge is 0.478 e. The second kappa shape index (κ2) is 10.2. The quantitative estimate of drug-likeness (QED) is 0.451. The topological polar surface area (TPSA) is 21.6 Å². The summed E-state index contributed by atoms with van der Waals surface area (Å²) in [6, 6.07) is 0.394. The third-order valence-electron chi connectivity index (χ3n) is 4.38. The van der Waals surface area contributed by atoms with E-state index in [4.69, 9.17) is 9.73 Å². The Hall–Kier alpha value is -0.530. The summed E-state index contributed by atoms with van der Waals surface area (Å²) < 4.78 is 5.76. The molecule has 2 atom stereocenters. The number of nitrogens with zero attached hydrogens (tertiary/aromatic N) is 1. The number of hydrogen-bond acceptors (Lipinski definition) is 2. The lowest BCUT2D eigenvalue weighted by atomic mass is 10.0. The molecule has 2 nitrogen and oxygen atoms in total. The van der Waals surface area contributed by atoms with E-state index in [0.29, 0.717) is 17.9 Å². The lowest BCUT2D eigenvalue weighted by Crippen LogP contribution is -2.13. The van der Waals surface area contributed by atoms with Gasteiger partial charge in [-0.05, 0) is 12.3 Å². The van der Waals surface area contributed by atoms with E-state index >= 15 is 0 Å². The molecule has 0 radical (unpaired) electrons. The van der Waals surface area contributed by atoms with Crippen molar-refractivity contribution in [1.29, 1.82) is 0 Å². The molecule has 0 N–H and O–H groups in total. The van der Waals surface area contributed by atoms with E-state index in [1.165, 1.54) is 57.8 Å².